The molecule has 0 atom stereocenters. The van der Waals surface area contributed by atoms with Crippen molar-refractivity contribution in [1.29, 1.82) is 0 Å². The van der Waals surface area contributed by atoms with Gasteiger partial charge in [-0.25, -0.2) is 4.89 Å². The van der Waals surface area contributed by atoms with E-state index in [2.05, 4.69) is 146 Å². The summed E-state index contributed by atoms with van der Waals surface area (Å²) in [6, 6.07) is 55.3. The SMILES string of the molecule is CC(C)(C)OO.CP(c1ccccc1)c1ccccc1.CP(c1ccccc1)c1ccccc1.[Pt].[c-]1ccccc1. The average molecular weight is 763 g/mol. The van der Waals surface area contributed by atoms with Crippen molar-refractivity contribution in [3.8, 4) is 0 Å². The molecule has 5 heteroatoms. The second-order valence-electron chi connectivity index (χ2n) is 9.74. The topological polar surface area (TPSA) is 29.5 Å². The fraction of sp³-hybridized carbons (Fsp3) is 0.167. The van der Waals surface area contributed by atoms with E-state index in [1.807, 2.05) is 30.3 Å². The van der Waals surface area contributed by atoms with Gasteiger partial charge in [0.25, 0.3) is 0 Å². The Kier molecular flexibility index (Phi) is 19.0. The summed E-state index contributed by atoms with van der Waals surface area (Å²) in [4.78, 5) is 3.94. The Hall–Kier alpha value is -2.43. The van der Waals surface area contributed by atoms with Crippen LogP contribution in [0.2, 0.25) is 0 Å². The first-order valence-electron chi connectivity index (χ1n) is 13.2. The summed E-state index contributed by atoms with van der Waals surface area (Å²) >= 11 is 0. The third kappa shape index (κ3) is 16.0. The molecule has 5 aromatic rings. The number of hydrogen-bond acceptors (Lipinski definition) is 2. The van der Waals surface area contributed by atoms with Crippen LogP contribution in [0.1, 0.15) is 20.8 Å². The first-order valence-corrected chi connectivity index (χ1v) is 16.8. The van der Waals surface area contributed by atoms with Crippen LogP contribution >= 0.6 is 15.8 Å². The maximum Gasteiger partial charge on any atom is 0.0949 e. The molecular weight excluding hydrogens is 721 g/mol. The number of hydrogen-bond donors (Lipinski definition) is 1. The van der Waals surface area contributed by atoms with E-state index in [1.165, 1.54) is 21.2 Å². The van der Waals surface area contributed by atoms with E-state index in [1.54, 1.807) is 20.8 Å². The van der Waals surface area contributed by atoms with Gasteiger partial charge in [-0.3, -0.25) is 5.26 Å². The van der Waals surface area contributed by atoms with Gasteiger partial charge in [0, 0.05) is 21.1 Å². The van der Waals surface area contributed by atoms with Crippen LogP contribution < -0.4 is 21.2 Å². The average Bonchev–Trinajstić information content (AvgIpc) is 3.03. The Morgan fingerprint density at radius 2 is 0.707 bits per heavy atom. The van der Waals surface area contributed by atoms with E-state index in [4.69, 9.17) is 5.26 Å². The van der Waals surface area contributed by atoms with Gasteiger partial charge in [-0.05, 0) is 71.2 Å². The molecule has 218 valence electrons. The van der Waals surface area contributed by atoms with Crippen molar-refractivity contribution in [3.05, 3.63) is 158 Å². The molecule has 1 N–H and O–H groups in total. The fourth-order valence-electron chi connectivity index (χ4n) is 3.25. The minimum atomic E-state index is -0.403. The van der Waals surface area contributed by atoms with E-state index in [9.17, 15) is 0 Å². The van der Waals surface area contributed by atoms with Crippen molar-refractivity contribution >= 4 is 37.1 Å². The number of benzene rings is 5. The normalized spacial score (nSPS) is 10.0. The second-order valence-corrected chi connectivity index (χ2v) is 14.0. The van der Waals surface area contributed by atoms with Crippen LogP contribution in [0.15, 0.2) is 152 Å². The van der Waals surface area contributed by atoms with Gasteiger partial charge in [0.05, 0.1) is 5.60 Å². The summed E-state index contributed by atoms with van der Waals surface area (Å²) in [6.07, 6.45) is 0. The monoisotopic (exact) mass is 762 g/mol. The van der Waals surface area contributed by atoms with E-state index in [0.29, 0.717) is 0 Å². The number of rotatable bonds is 4. The van der Waals surface area contributed by atoms with Crippen molar-refractivity contribution in [2.75, 3.05) is 13.3 Å². The molecule has 0 spiro atoms. The van der Waals surface area contributed by atoms with Crippen molar-refractivity contribution in [1.82, 2.24) is 0 Å². The molecule has 0 aliphatic carbocycles. The van der Waals surface area contributed by atoms with Crippen molar-refractivity contribution in [2.24, 2.45) is 0 Å². The standard InChI is InChI=1S/2C13H13P.C6H5.C4H10O2.Pt/c2*1-14(12-8-4-2-5-9-12)13-10-6-3-7-11-13;1-2-4-6-5-3-1;1-4(2,3)6-5;/h2*2-11H,1H3;1-5H;5H,1-3H3;/q;;-1;;. The van der Waals surface area contributed by atoms with Crippen LogP contribution in [-0.2, 0) is 26.0 Å². The zero-order valence-corrected chi connectivity index (χ0v) is 28.6. The Morgan fingerprint density at radius 3 is 0.854 bits per heavy atom. The molecule has 5 rings (SSSR count). The quantitative estimate of drug-likeness (QED) is 0.0866. The van der Waals surface area contributed by atoms with Crippen LogP contribution in [0.5, 0.6) is 0 Å². The summed E-state index contributed by atoms with van der Waals surface area (Å²) in [5, 5.41) is 13.7. The molecular formula is C36H41O2P2Pt-. The first-order chi connectivity index (χ1) is 19.3. The van der Waals surface area contributed by atoms with Gasteiger partial charge in [0.2, 0.25) is 0 Å². The summed E-state index contributed by atoms with van der Waals surface area (Å²) in [5.74, 6) is 0. The molecule has 0 radical (unpaired) electrons. The predicted molar refractivity (Wildman–Crippen MR) is 179 cm³/mol. The summed E-state index contributed by atoms with van der Waals surface area (Å²) in [6.45, 7) is 9.92. The zero-order valence-electron chi connectivity index (χ0n) is 24.5. The Morgan fingerprint density at radius 1 is 0.488 bits per heavy atom. The van der Waals surface area contributed by atoms with Gasteiger partial charge in [-0.15, -0.1) is 0 Å². The van der Waals surface area contributed by atoms with Gasteiger partial charge in [0.1, 0.15) is 0 Å². The summed E-state index contributed by atoms with van der Waals surface area (Å²) in [5.41, 5.74) is -0.403. The minimum Gasteiger partial charge on any atom is -0.251 e. The minimum absolute atomic E-state index is 0. The van der Waals surface area contributed by atoms with E-state index < -0.39 is 5.60 Å². The molecule has 0 saturated heterocycles. The zero-order chi connectivity index (χ0) is 29.1. The Balaban J connectivity index is 0.000000292. The molecule has 0 aliphatic rings. The van der Waals surface area contributed by atoms with Gasteiger partial charge in [-0.2, -0.15) is 36.4 Å². The molecule has 0 unspecified atom stereocenters. The molecule has 0 aliphatic heterocycles. The maximum absolute atomic E-state index is 7.90. The molecule has 0 heterocycles. The molecule has 0 aromatic heterocycles. The van der Waals surface area contributed by atoms with E-state index in [-0.39, 0.29) is 36.9 Å². The molecule has 2 nitrogen and oxygen atoms in total. The van der Waals surface area contributed by atoms with Crippen LogP contribution in [0.3, 0.4) is 0 Å². The predicted octanol–water partition coefficient (Wildman–Crippen LogP) is 8.26. The third-order valence-corrected chi connectivity index (χ3v) is 9.75. The van der Waals surface area contributed by atoms with Gasteiger partial charge in [0.15, 0.2) is 0 Å². The van der Waals surface area contributed by atoms with E-state index in [0.717, 1.165) is 0 Å². The van der Waals surface area contributed by atoms with Gasteiger partial charge in [-0.1, -0.05) is 121 Å². The Labute approximate surface area is 264 Å². The molecule has 0 fully saturated rings. The van der Waals surface area contributed by atoms with Crippen molar-refractivity contribution in [2.45, 2.75) is 26.4 Å². The van der Waals surface area contributed by atoms with Crippen molar-refractivity contribution < 1.29 is 31.2 Å². The largest absolute Gasteiger partial charge is 0.251 e. The summed E-state index contributed by atoms with van der Waals surface area (Å²) < 4.78 is 0. The molecule has 0 saturated carbocycles. The fourth-order valence-corrected chi connectivity index (χ4v) is 6.32. The second kappa shape index (κ2) is 21.3. The maximum atomic E-state index is 7.90. The molecule has 5 aromatic carbocycles. The van der Waals surface area contributed by atoms with Crippen LogP contribution in [0.4, 0.5) is 0 Å². The third-order valence-electron chi connectivity index (χ3n) is 5.45. The molecule has 41 heavy (non-hydrogen) atoms. The van der Waals surface area contributed by atoms with E-state index >= 15 is 0 Å². The molecule has 0 amide bonds. The smallest absolute Gasteiger partial charge is 0.0949 e. The van der Waals surface area contributed by atoms with Gasteiger partial charge < -0.3 is 0 Å². The van der Waals surface area contributed by atoms with Crippen molar-refractivity contribution in [3.63, 3.8) is 0 Å². The van der Waals surface area contributed by atoms with Gasteiger partial charge >= 0.3 is 0 Å². The molecule has 0 bridgehead atoms. The van der Waals surface area contributed by atoms with Crippen LogP contribution in [0.25, 0.3) is 0 Å². The van der Waals surface area contributed by atoms with Crippen LogP contribution in [0, 0.1) is 6.07 Å². The van der Waals surface area contributed by atoms with Crippen LogP contribution in [-0.4, -0.2) is 24.2 Å². The first kappa shape index (κ1) is 36.6. The summed E-state index contributed by atoms with van der Waals surface area (Å²) in [7, 11) is -0.342. The Bertz CT molecular complexity index is 1080.